The number of carbonyl (C=O) groups excluding carboxylic acids is 1. The first-order valence-corrected chi connectivity index (χ1v) is 8.64. The highest BCUT2D eigenvalue weighted by Crippen LogP contribution is 2.15. The van der Waals surface area contributed by atoms with Crippen molar-refractivity contribution in [2.45, 2.75) is 20.3 Å². The lowest BCUT2D eigenvalue weighted by Gasteiger charge is -2.18. The van der Waals surface area contributed by atoms with Crippen molar-refractivity contribution in [2.75, 3.05) is 39.0 Å². The van der Waals surface area contributed by atoms with Gasteiger partial charge in [-0.1, -0.05) is 13.8 Å². The Morgan fingerprint density at radius 3 is 2.58 bits per heavy atom. The average molecular weight is 291 g/mol. The molecule has 0 spiro atoms. The second-order valence-corrected chi connectivity index (χ2v) is 7.12. The Morgan fingerprint density at radius 2 is 2.11 bits per heavy atom. The summed E-state index contributed by atoms with van der Waals surface area (Å²) in [5.41, 5.74) is 0. The van der Waals surface area contributed by atoms with Gasteiger partial charge in [0.25, 0.3) is 0 Å². The number of nitrogens with one attached hydrogen (secondary N) is 2. The van der Waals surface area contributed by atoms with E-state index in [0.717, 1.165) is 13.1 Å². The van der Waals surface area contributed by atoms with Crippen LogP contribution in [0, 0.1) is 11.8 Å². The summed E-state index contributed by atoms with van der Waals surface area (Å²) in [5.74, 6) is 0.472. The molecule has 0 bridgehead atoms. The molecule has 6 nitrogen and oxygen atoms in total. The van der Waals surface area contributed by atoms with Crippen molar-refractivity contribution in [1.82, 2.24) is 14.9 Å². The zero-order valence-corrected chi connectivity index (χ0v) is 12.8. The summed E-state index contributed by atoms with van der Waals surface area (Å²) in [7, 11) is -3.13. The van der Waals surface area contributed by atoms with Crippen LogP contribution in [0.4, 0.5) is 0 Å². The van der Waals surface area contributed by atoms with Crippen LogP contribution in [0.25, 0.3) is 0 Å². The lowest BCUT2D eigenvalue weighted by molar-refractivity contribution is -0.125. The van der Waals surface area contributed by atoms with Crippen molar-refractivity contribution in [3.05, 3.63) is 0 Å². The predicted octanol–water partition coefficient (Wildman–Crippen LogP) is -0.370. The van der Waals surface area contributed by atoms with Gasteiger partial charge in [-0.25, -0.2) is 12.7 Å². The third-order valence-electron chi connectivity index (χ3n) is 3.56. The van der Waals surface area contributed by atoms with Gasteiger partial charge in [0.15, 0.2) is 0 Å². The molecular formula is C12H25N3O3S. The highest BCUT2D eigenvalue weighted by Gasteiger charge is 2.29. The molecule has 19 heavy (non-hydrogen) atoms. The van der Waals surface area contributed by atoms with E-state index in [1.54, 1.807) is 0 Å². The topological polar surface area (TPSA) is 78.5 Å². The maximum Gasteiger partial charge on any atom is 0.224 e. The number of hydrogen-bond acceptors (Lipinski definition) is 4. The third kappa shape index (κ3) is 5.08. The Kier molecular flexibility index (Phi) is 6.22. The zero-order valence-electron chi connectivity index (χ0n) is 12.0. The highest BCUT2D eigenvalue weighted by molar-refractivity contribution is 7.88. The number of nitrogens with zero attached hydrogens (tertiary/aromatic N) is 1. The quantitative estimate of drug-likeness (QED) is 0.627. The first-order chi connectivity index (χ1) is 8.86. The minimum absolute atomic E-state index is 0.0391. The Hall–Kier alpha value is -0.660. The van der Waals surface area contributed by atoms with Gasteiger partial charge in [-0.05, 0) is 18.9 Å². The van der Waals surface area contributed by atoms with E-state index in [0.29, 0.717) is 32.0 Å². The molecule has 0 aromatic carbocycles. The van der Waals surface area contributed by atoms with Crippen molar-refractivity contribution in [2.24, 2.45) is 11.8 Å². The van der Waals surface area contributed by atoms with Crippen LogP contribution in [-0.4, -0.2) is 57.6 Å². The molecule has 1 fully saturated rings. The molecule has 1 aliphatic rings. The first kappa shape index (κ1) is 16.4. The van der Waals surface area contributed by atoms with Crippen molar-refractivity contribution < 1.29 is 13.2 Å². The van der Waals surface area contributed by atoms with E-state index in [1.165, 1.54) is 10.6 Å². The maximum atomic E-state index is 11.9. The van der Waals surface area contributed by atoms with E-state index >= 15 is 0 Å². The van der Waals surface area contributed by atoms with Crippen molar-refractivity contribution in [1.29, 1.82) is 0 Å². The average Bonchev–Trinajstić information content (AvgIpc) is 2.73. The van der Waals surface area contributed by atoms with Gasteiger partial charge < -0.3 is 10.6 Å². The van der Waals surface area contributed by atoms with Crippen LogP contribution in [0.3, 0.4) is 0 Å². The van der Waals surface area contributed by atoms with E-state index in [-0.39, 0.29) is 11.8 Å². The molecule has 1 rings (SSSR count). The molecule has 1 amide bonds. The van der Waals surface area contributed by atoms with Crippen LogP contribution in [0.5, 0.6) is 0 Å². The van der Waals surface area contributed by atoms with Gasteiger partial charge in [0.1, 0.15) is 0 Å². The monoisotopic (exact) mass is 291 g/mol. The van der Waals surface area contributed by atoms with Crippen LogP contribution in [0.15, 0.2) is 0 Å². The molecule has 0 aromatic heterocycles. The van der Waals surface area contributed by atoms with Gasteiger partial charge >= 0.3 is 0 Å². The molecule has 1 heterocycles. The summed E-state index contributed by atoms with van der Waals surface area (Å²) in [6.45, 7) is 6.93. The summed E-state index contributed by atoms with van der Waals surface area (Å²) in [6.07, 6.45) is 1.85. The van der Waals surface area contributed by atoms with Crippen molar-refractivity contribution >= 4 is 15.9 Å². The summed E-state index contributed by atoms with van der Waals surface area (Å²) >= 11 is 0. The second kappa shape index (κ2) is 7.21. The molecule has 0 saturated carbocycles. The number of carbonyl (C=O) groups is 1. The van der Waals surface area contributed by atoms with Crippen LogP contribution < -0.4 is 10.6 Å². The number of hydrogen-bond donors (Lipinski definition) is 2. The number of amides is 1. The molecule has 0 aromatic rings. The van der Waals surface area contributed by atoms with Crippen LogP contribution in [-0.2, 0) is 14.8 Å². The molecule has 0 radical (unpaired) electrons. The Morgan fingerprint density at radius 1 is 1.42 bits per heavy atom. The van der Waals surface area contributed by atoms with Gasteiger partial charge in [-0.3, -0.25) is 4.79 Å². The largest absolute Gasteiger partial charge is 0.356 e. The van der Waals surface area contributed by atoms with E-state index in [1.807, 2.05) is 6.92 Å². The summed E-state index contributed by atoms with van der Waals surface area (Å²) in [6, 6.07) is 0. The summed E-state index contributed by atoms with van der Waals surface area (Å²) in [4.78, 5) is 11.9. The van der Waals surface area contributed by atoms with E-state index < -0.39 is 10.0 Å². The fourth-order valence-electron chi connectivity index (χ4n) is 2.32. The SMILES string of the molecule is CCN(CCCNC(=O)[C@@H]1CNC[C@H]1C)S(C)(=O)=O. The molecule has 112 valence electrons. The smallest absolute Gasteiger partial charge is 0.224 e. The fraction of sp³-hybridized carbons (Fsp3) is 0.917. The predicted molar refractivity (Wildman–Crippen MR) is 75.2 cm³/mol. The standard InChI is InChI=1S/C12H25N3O3S/c1-4-15(19(3,17)18)7-5-6-14-12(16)11-9-13-8-10(11)2/h10-11,13H,4-9H2,1-3H3,(H,14,16)/t10-,11-/m1/s1. The molecule has 2 atom stereocenters. The molecule has 1 saturated heterocycles. The van der Waals surface area contributed by atoms with Crippen LogP contribution >= 0.6 is 0 Å². The van der Waals surface area contributed by atoms with Crippen molar-refractivity contribution in [3.63, 3.8) is 0 Å². The molecule has 7 heteroatoms. The maximum absolute atomic E-state index is 11.9. The molecule has 0 aliphatic carbocycles. The fourth-order valence-corrected chi connectivity index (χ4v) is 3.25. The van der Waals surface area contributed by atoms with E-state index in [4.69, 9.17) is 0 Å². The van der Waals surface area contributed by atoms with Crippen LogP contribution in [0.1, 0.15) is 20.3 Å². The molecule has 2 N–H and O–H groups in total. The molecular weight excluding hydrogens is 266 g/mol. The first-order valence-electron chi connectivity index (χ1n) is 6.79. The highest BCUT2D eigenvalue weighted by atomic mass is 32.2. The van der Waals surface area contributed by atoms with Gasteiger partial charge in [-0.15, -0.1) is 0 Å². The van der Waals surface area contributed by atoms with Crippen LogP contribution in [0.2, 0.25) is 0 Å². The second-order valence-electron chi connectivity index (χ2n) is 5.14. The van der Waals surface area contributed by atoms with Crippen molar-refractivity contribution in [3.8, 4) is 0 Å². The van der Waals surface area contributed by atoms with E-state index in [9.17, 15) is 13.2 Å². The minimum Gasteiger partial charge on any atom is -0.356 e. The van der Waals surface area contributed by atoms with Gasteiger partial charge in [-0.2, -0.15) is 0 Å². The Labute approximate surface area is 116 Å². The van der Waals surface area contributed by atoms with Gasteiger partial charge in [0.2, 0.25) is 15.9 Å². The van der Waals surface area contributed by atoms with Gasteiger partial charge in [0.05, 0.1) is 12.2 Å². The zero-order chi connectivity index (χ0) is 14.5. The van der Waals surface area contributed by atoms with Gasteiger partial charge in [0, 0.05) is 26.2 Å². The number of rotatable bonds is 7. The lowest BCUT2D eigenvalue weighted by Crippen LogP contribution is -2.37. The Balaban J connectivity index is 2.25. The van der Waals surface area contributed by atoms with E-state index in [2.05, 4.69) is 17.6 Å². The third-order valence-corrected chi connectivity index (χ3v) is 4.94. The minimum atomic E-state index is -3.13. The summed E-state index contributed by atoms with van der Waals surface area (Å²) < 4.78 is 24.2. The number of sulfonamides is 1. The summed E-state index contributed by atoms with van der Waals surface area (Å²) in [5, 5.41) is 6.08. The lowest BCUT2D eigenvalue weighted by atomic mass is 9.97. The molecule has 0 unspecified atom stereocenters. The Bertz CT molecular complexity index is 397. The molecule has 1 aliphatic heterocycles. The normalized spacial score (nSPS) is 23.8.